The van der Waals surface area contributed by atoms with Crippen molar-refractivity contribution < 1.29 is 18.7 Å². The van der Waals surface area contributed by atoms with Gasteiger partial charge in [-0.3, -0.25) is 14.5 Å². The van der Waals surface area contributed by atoms with Crippen LogP contribution in [-0.4, -0.2) is 61.2 Å². The molecule has 2 aromatic carbocycles. The molecule has 0 radical (unpaired) electrons. The lowest BCUT2D eigenvalue weighted by Crippen LogP contribution is -2.38. The maximum absolute atomic E-state index is 13.5. The minimum Gasteiger partial charge on any atom is -0.491 e. The quantitative estimate of drug-likeness (QED) is 0.531. The second-order valence-corrected chi connectivity index (χ2v) is 9.11. The number of nitrogens with zero attached hydrogens (tertiary/aromatic N) is 2. The third-order valence-electron chi connectivity index (χ3n) is 6.42. The fourth-order valence-electron chi connectivity index (χ4n) is 4.83. The van der Waals surface area contributed by atoms with Crippen molar-refractivity contribution >= 4 is 16.9 Å². The molecule has 1 saturated heterocycles. The highest BCUT2D eigenvalue weighted by Gasteiger charge is 2.42. The van der Waals surface area contributed by atoms with Gasteiger partial charge in [-0.2, -0.15) is 0 Å². The summed E-state index contributed by atoms with van der Waals surface area (Å²) >= 11 is 0. The van der Waals surface area contributed by atoms with Gasteiger partial charge in [0.2, 0.25) is 5.76 Å². The van der Waals surface area contributed by atoms with Gasteiger partial charge in [-0.25, -0.2) is 0 Å². The molecule has 0 spiro atoms. The van der Waals surface area contributed by atoms with Gasteiger partial charge in [-0.15, -0.1) is 0 Å². The van der Waals surface area contributed by atoms with E-state index in [-0.39, 0.29) is 23.2 Å². The zero-order chi connectivity index (χ0) is 23.7. The molecule has 34 heavy (non-hydrogen) atoms. The minimum atomic E-state index is -0.485. The molecule has 2 aliphatic heterocycles. The van der Waals surface area contributed by atoms with E-state index in [1.807, 2.05) is 50.2 Å². The number of hydrogen-bond acceptors (Lipinski definition) is 6. The first kappa shape index (κ1) is 22.6. The van der Waals surface area contributed by atoms with E-state index in [4.69, 9.17) is 13.9 Å². The number of rotatable bonds is 7. The van der Waals surface area contributed by atoms with E-state index in [0.717, 1.165) is 50.6 Å². The van der Waals surface area contributed by atoms with Gasteiger partial charge in [0.1, 0.15) is 11.3 Å². The van der Waals surface area contributed by atoms with Crippen molar-refractivity contribution in [1.29, 1.82) is 0 Å². The molecule has 3 heterocycles. The van der Waals surface area contributed by atoms with Gasteiger partial charge < -0.3 is 18.8 Å². The predicted octanol–water partition coefficient (Wildman–Crippen LogP) is 3.85. The average Bonchev–Trinajstić information content (AvgIpc) is 3.12. The van der Waals surface area contributed by atoms with Crippen molar-refractivity contribution in [2.24, 2.45) is 0 Å². The molecule has 1 aromatic heterocycles. The normalized spacial score (nSPS) is 18.6. The molecule has 7 nitrogen and oxygen atoms in total. The van der Waals surface area contributed by atoms with Crippen LogP contribution in [0, 0.1) is 0 Å². The van der Waals surface area contributed by atoms with Crippen LogP contribution >= 0.6 is 0 Å². The Morgan fingerprint density at radius 1 is 1.00 bits per heavy atom. The summed E-state index contributed by atoms with van der Waals surface area (Å²) in [4.78, 5) is 31.2. The monoisotopic (exact) mass is 462 g/mol. The SMILES string of the molecule is CC(C)Oc1ccc([C@H]2c3c(oc4ccccc4c3=O)C(=O)N2CCCN2CCOCC2)cc1. The molecule has 7 heteroatoms. The Hall–Kier alpha value is -3.16. The van der Waals surface area contributed by atoms with Gasteiger partial charge >= 0.3 is 0 Å². The van der Waals surface area contributed by atoms with E-state index < -0.39 is 6.04 Å². The van der Waals surface area contributed by atoms with E-state index >= 15 is 0 Å². The largest absolute Gasteiger partial charge is 0.491 e. The number of hydrogen-bond donors (Lipinski definition) is 0. The lowest BCUT2D eigenvalue weighted by atomic mass is 9.98. The Morgan fingerprint density at radius 3 is 2.47 bits per heavy atom. The lowest BCUT2D eigenvalue weighted by Gasteiger charge is -2.29. The van der Waals surface area contributed by atoms with E-state index in [0.29, 0.717) is 23.1 Å². The third kappa shape index (κ3) is 4.33. The summed E-state index contributed by atoms with van der Waals surface area (Å²) < 4.78 is 17.2. The van der Waals surface area contributed by atoms with Crippen LogP contribution in [0.1, 0.15) is 48.0 Å². The van der Waals surface area contributed by atoms with Crippen LogP contribution in [-0.2, 0) is 4.74 Å². The third-order valence-corrected chi connectivity index (χ3v) is 6.42. The van der Waals surface area contributed by atoms with E-state index in [9.17, 15) is 9.59 Å². The molecule has 0 N–H and O–H groups in total. The molecule has 0 saturated carbocycles. The number of fused-ring (bicyclic) bond motifs is 2. The maximum Gasteiger partial charge on any atom is 0.290 e. The van der Waals surface area contributed by atoms with E-state index in [1.54, 1.807) is 17.0 Å². The first-order valence-electron chi connectivity index (χ1n) is 12.0. The molecule has 3 aromatic rings. The minimum absolute atomic E-state index is 0.0646. The summed E-state index contributed by atoms with van der Waals surface area (Å²) in [5.41, 5.74) is 1.59. The van der Waals surface area contributed by atoms with Crippen LogP contribution in [0.25, 0.3) is 11.0 Å². The second kappa shape index (κ2) is 9.60. The highest BCUT2D eigenvalue weighted by molar-refractivity contribution is 5.99. The van der Waals surface area contributed by atoms with Gasteiger partial charge in [0.15, 0.2) is 5.43 Å². The summed E-state index contributed by atoms with van der Waals surface area (Å²) in [6.45, 7) is 8.66. The Balaban J connectivity index is 1.50. The van der Waals surface area contributed by atoms with Gasteiger partial charge in [0, 0.05) is 26.2 Å². The number of carbonyl (C=O) groups is 1. The Kier molecular flexibility index (Phi) is 6.39. The van der Waals surface area contributed by atoms with Crippen molar-refractivity contribution in [3.8, 4) is 5.75 Å². The van der Waals surface area contributed by atoms with Gasteiger partial charge in [0.05, 0.1) is 36.3 Å². The zero-order valence-electron chi connectivity index (χ0n) is 19.7. The Labute approximate surface area is 198 Å². The Morgan fingerprint density at radius 2 is 1.74 bits per heavy atom. The number of para-hydroxylation sites is 1. The molecule has 5 rings (SSSR count). The van der Waals surface area contributed by atoms with Crippen LogP contribution in [0.4, 0.5) is 0 Å². The van der Waals surface area contributed by atoms with Gasteiger partial charge in [-0.1, -0.05) is 24.3 Å². The number of carbonyl (C=O) groups excluding carboxylic acids is 1. The standard InChI is InChI=1S/C27H30N2O5/c1-18(2)33-20-10-8-19(9-11-20)24-23-25(30)21-6-3-4-7-22(21)34-26(23)27(31)29(24)13-5-12-28-14-16-32-17-15-28/h3-4,6-11,18,24H,5,12-17H2,1-2H3/t24-/m0/s1. The molecule has 1 amide bonds. The Bertz CT molecular complexity index is 1230. The van der Waals surface area contributed by atoms with Crippen molar-refractivity contribution in [2.75, 3.05) is 39.4 Å². The van der Waals surface area contributed by atoms with Crippen molar-refractivity contribution in [3.63, 3.8) is 0 Å². The molecule has 0 aliphatic carbocycles. The van der Waals surface area contributed by atoms with E-state index in [2.05, 4.69) is 4.90 Å². The highest BCUT2D eigenvalue weighted by atomic mass is 16.5. The van der Waals surface area contributed by atoms with Crippen LogP contribution in [0.5, 0.6) is 5.75 Å². The first-order valence-corrected chi connectivity index (χ1v) is 12.0. The molecule has 1 fully saturated rings. The summed E-state index contributed by atoms with van der Waals surface area (Å²) in [6.07, 6.45) is 0.869. The number of amides is 1. The number of morpholine rings is 1. The smallest absolute Gasteiger partial charge is 0.290 e. The maximum atomic E-state index is 13.5. The zero-order valence-corrected chi connectivity index (χ0v) is 19.7. The van der Waals surface area contributed by atoms with Gasteiger partial charge in [0.25, 0.3) is 5.91 Å². The molecule has 1 atom stereocenters. The first-order chi connectivity index (χ1) is 16.5. The average molecular weight is 463 g/mol. The fourth-order valence-corrected chi connectivity index (χ4v) is 4.83. The van der Waals surface area contributed by atoms with Crippen LogP contribution in [0.3, 0.4) is 0 Å². The lowest BCUT2D eigenvalue weighted by molar-refractivity contribution is 0.0353. The molecule has 178 valence electrons. The highest BCUT2D eigenvalue weighted by Crippen LogP contribution is 2.38. The molecule has 0 bridgehead atoms. The topological polar surface area (TPSA) is 72.2 Å². The van der Waals surface area contributed by atoms with E-state index in [1.165, 1.54) is 0 Å². The summed E-state index contributed by atoms with van der Waals surface area (Å²) in [5.74, 6) is 0.683. The van der Waals surface area contributed by atoms with Crippen molar-refractivity contribution in [3.05, 3.63) is 75.6 Å². The second-order valence-electron chi connectivity index (χ2n) is 9.11. The molecular weight excluding hydrogens is 432 g/mol. The molecule has 2 aliphatic rings. The van der Waals surface area contributed by atoms with Crippen molar-refractivity contribution in [2.45, 2.75) is 32.4 Å². The van der Waals surface area contributed by atoms with Crippen molar-refractivity contribution in [1.82, 2.24) is 9.80 Å². The number of benzene rings is 2. The van der Waals surface area contributed by atoms with Gasteiger partial charge in [-0.05, 0) is 50.1 Å². The van der Waals surface area contributed by atoms with Crippen LogP contribution < -0.4 is 10.2 Å². The summed E-state index contributed by atoms with van der Waals surface area (Å²) in [5, 5.41) is 0.494. The molecule has 0 unspecified atom stereocenters. The van der Waals surface area contributed by atoms with Crippen LogP contribution in [0.2, 0.25) is 0 Å². The summed E-state index contributed by atoms with van der Waals surface area (Å²) in [7, 11) is 0. The predicted molar refractivity (Wildman–Crippen MR) is 129 cm³/mol. The summed E-state index contributed by atoms with van der Waals surface area (Å²) in [6, 6.07) is 14.3. The fraction of sp³-hybridized carbons (Fsp3) is 0.407. The molecular formula is C27H30N2O5. The van der Waals surface area contributed by atoms with Crippen LogP contribution in [0.15, 0.2) is 57.7 Å². The number of ether oxygens (including phenoxy) is 2.